The molecule has 0 unspecified atom stereocenters. The Bertz CT molecular complexity index is 397. The number of hydrogen-bond acceptors (Lipinski definition) is 2. The number of unbranched alkanes of at least 4 members (excludes halogenated alkanes) is 3. The Kier molecular flexibility index (Phi) is 7.54. The second-order valence-electron chi connectivity index (χ2n) is 4.13. The monoisotopic (exact) mass is 376 g/mol. The maximum absolute atomic E-state index is 11.7. The Morgan fingerprint density at radius 2 is 1.89 bits per heavy atom. The number of rotatable bonds is 7. The summed E-state index contributed by atoms with van der Waals surface area (Å²) in [5, 5.41) is 2.90. The van der Waals surface area contributed by atoms with E-state index < -0.39 is 0 Å². The van der Waals surface area contributed by atoms with E-state index in [1.807, 2.05) is 18.2 Å². The van der Waals surface area contributed by atoms with Crippen LogP contribution in [0.15, 0.2) is 27.1 Å². The van der Waals surface area contributed by atoms with Gasteiger partial charge in [-0.2, -0.15) is 0 Å². The molecule has 1 aromatic rings. The molecule has 0 fully saturated rings. The molecule has 3 nitrogen and oxygen atoms in total. The minimum Gasteiger partial charge on any atom is -0.330 e. The van der Waals surface area contributed by atoms with Gasteiger partial charge in [-0.05, 0) is 53.5 Å². The van der Waals surface area contributed by atoms with E-state index in [4.69, 9.17) is 5.73 Å². The van der Waals surface area contributed by atoms with Gasteiger partial charge in [-0.25, -0.2) is 0 Å². The lowest BCUT2D eigenvalue weighted by atomic mass is 10.1. The lowest BCUT2D eigenvalue weighted by molar-refractivity contribution is -0.116. The Labute approximate surface area is 125 Å². The van der Waals surface area contributed by atoms with Gasteiger partial charge < -0.3 is 11.1 Å². The number of carbonyl (C=O) groups excluding carboxylic acids is 1. The Morgan fingerprint density at radius 3 is 2.56 bits per heavy atom. The number of carbonyl (C=O) groups is 1. The van der Waals surface area contributed by atoms with Crippen LogP contribution in [0.5, 0.6) is 0 Å². The van der Waals surface area contributed by atoms with E-state index in [-0.39, 0.29) is 5.91 Å². The van der Waals surface area contributed by atoms with Crippen molar-refractivity contribution in [2.75, 3.05) is 11.9 Å². The molecule has 0 heterocycles. The van der Waals surface area contributed by atoms with E-state index >= 15 is 0 Å². The molecule has 0 aliphatic heterocycles. The van der Waals surface area contributed by atoms with Gasteiger partial charge >= 0.3 is 0 Å². The Hall–Kier alpha value is -0.390. The summed E-state index contributed by atoms with van der Waals surface area (Å²) in [7, 11) is 0. The van der Waals surface area contributed by atoms with Crippen LogP contribution in [0.25, 0.3) is 0 Å². The molecule has 0 radical (unpaired) electrons. The highest BCUT2D eigenvalue weighted by atomic mass is 79.9. The number of nitrogens with two attached hydrogens (primary N) is 1. The molecule has 0 aliphatic carbocycles. The molecule has 100 valence electrons. The smallest absolute Gasteiger partial charge is 0.224 e. The van der Waals surface area contributed by atoms with Crippen LogP contribution in [-0.4, -0.2) is 12.5 Å². The molecule has 3 N–H and O–H groups in total. The van der Waals surface area contributed by atoms with Crippen LogP contribution < -0.4 is 11.1 Å². The summed E-state index contributed by atoms with van der Waals surface area (Å²) in [6.45, 7) is 0.734. The molecule has 1 rings (SSSR count). The summed E-state index contributed by atoms with van der Waals surface area (Å²) >= 11 is 6.79. The highest BCUT2D eigenvalue weighted by molar-refractivity contribution is 9.11. The van der Waals surface area contributed by atoms with Crippen molar-refractivity contribution >= 4 is 43.5 Å². The first-order valence-corrected chi connectivity index (χ1v) is 7.67. The second-order valence-corrected chi connectivity index (χ2v) is 5.90. The third-order valence-electron chi connectivity index (χ3n) is 2.56. The van der Waals surface area contributed by atoms with Crippen LogP contribution in [-0.2, 0) is 4.79 Å². The standard InChI is InChI=1S/C13H18Br2N2O/c14-10-6-7-12(11(15)9-10)17-13(18)5-3-1-2-4-8-16/h6-7,9H,1-5,8,16H2,(H,17,18). The van der Waals surface area contributed by atoms with Crippen LogP contribution in [0.3, 0.4) is 0 Å². The average molecular weight is 378 g/mol. The van der Waals surface area contributed by atoms with Gasteiger partial charge in [-0.15, -0.1) is 0 Å². The summed E-state index contributed by atoms with van der Waals surface area (Å²) < 4.78 is 1.86. The van der Waals surface area contributed by atoms with Gasteiger partial charge in [-0.1, -0.05) is 28.8 Å². The van der Waals surface area contributed by atoms with Gasteiger partial charge in [0.1, 0.15) is 0 Å². The zero-order chi connectivity index (χ0) is 13.4. The first-order valence-electron chi connectivity index (χ1n) is 6.08. The molecular formula is C13H18Br2N2O. The maximum atomic E-state index is 11.7. The topological polar surface area (TPSA) is 55.1 Å². The van der Waals surface area contributed by atoms with Crippen LogP contribution in [0.2, 0.25) is 0 Å². The zero-order valence-electron chi connectivity index (χ0n) is 10.2. The van der Waals surface area contributed by atoms with E-state index in [1.165, 1.54) is 0 Å². The molecule has 1 aromatic carbocycles. The molecule has 0 saturated carbocycles. The van der Waals surface area contributed by atoms with Crippen LogP contribution in [0, 0.1) is 0 Å². The summed E-state index contributed by atoms with van der Waals surface area (Å²) in [6, 6.07) is 5.69. The molecule has 0 spiro atoms. The molecular weight excluding hydrogens is 360 g/mol. The third kappa shape index (κ3) is 5.98. The van der Waals surface area contributed by atoms with Crippen molar-refractivity contribution in [1.82, 2.24) is 0 Å². The largest absolute Gasteiger partial charge is 0.330 e. The number of amides is 1. The van der Waals surface area contributed by atoms with Gasteiger partial charge in [0.15, 0.2) is 0 Å². The lowest BCUT2D eigenvalue weighted by Crippen LogP contribution is -2.11. The van der Waals surface area contributed by atoms with Crippen molar-refractivity contribution in [3.63, 3.8) is 0 Å². The van der Waals surface area contributed by atoms with E-state index in [2.05, 4.69) is 37.2 Å². The molecule has 18 heavy (non-hydrogen) atoms. The fourth-order valence-corrected chi connectivity index (χ4v) is 2.73. The fourth-order valence-electron chi connectivity index (χ4n) is 1.59. The van der Waals surface area contributed by atoms with Crippen molar-refractivity contribution in [1.29, 1.82) is 0 Å². The lowest BCUT2D eigenvalue weighted by Gasteiger charge is -2.07. The predicted octanol–water partition coefficient (Wildman–Crippen LogP) is 4.06. The van der Waals surface area contributed by atoms with E-state index in [0.717, 1.165) is 46.9 Å². The second kappa shape index (κ2) is 8.67. The van der Waals surface area contributed by atoms with E-state index in [9.17, 15) is 4.79 Å². The highest BCUT2D eigenvalue weighted by Crippen LogP contribution is 2.26. The normalized spacial score (nSPS) is 10.4. The minimum absolute atomic E-state index is 0.0609. The predicted molar refractivity (Wildman–Crippen MR) is 82.6 cm³/mol. The summed E-state index contributed by atoms with van der Waals surface area (Å²) in [5.41, 5.74) is 6.22. The van der Waals surface area contributed by atoms with Gasteiger partial charge in [0, 0.05) is 15.4 Å². The van der Waals surface area contributed by atoms with Crippen LogP contribution in [0.4, 0.5) is 5.69 Å². The first-order chi connectivity index (χ1) is 8.63. The minimum atomic E-state index is 0.0609. The fraction of sp³-hybridized carbons (Fsp3) is 0.462. The van der Waals surface area contributed by atoms with Crippen molar-refractivity contribution in [3.8, 4) is 0 Å². The summed E-state index contributed by atoms with van der Waals surface area (Å²) in [4.78, 5) is 11.7. The number of anilines is 1. The molecule has 1 amide bonds. The molecule has 0 aliphatic rings. The average Bonchev–Trinajstić information content (AvgIpc) is 2.32. The molecule has 0 aromatic heterocycles. The molecule has 0 saturated heterocycles. The molecule has 0 bridgehead atoms. The van der Waals surface area contributed by atoms with Crippen LogP contribution >= 0.6 is 31.9 Å². The summed E-state index contributed by atoms with van der Waals surface area (Å²) in [6.07, 6.45) is 4.69. The first kappa shape index (κ1) is 15.7. The van der Waals surface area contributed by atoms with Gasteiger partial charge in [0.25, 0.3) is 0 Å². The molecule has 0 atom stereocenters. The number of hydrogen-bond donors (Lipinski definition) is 2. The van der Waals surface area contributed by atoms with Gasteiger partial charge in [-0.3, -0.25) is 4.79 Å². The zero-order valence-corrected chi connectivity index (χ0v) is 13.4. The van der Waals surface area contributed by atoms with E-state index in [0.29, 0.717) is 6.42 Å². The number of halogens is 2. The van der Waals surface area contributed by atoms with Crippen molar-refractivity contribution in [3.05, 3.63) is 27.1 Å². The van der Waals surface area contributed by atoms with Gasteiger partial charge in [0.05, 0.1) is 5.69 Å². The Morgan fingerprint density at radius 1 is 1.17 bits per heavy atom. The Balaban J connectivity index is 2.31. The quantitative estimate of drug-likeness (QED) is 0.704. The maximum Gasteiger partial charge on any atom is 0.224 e. The summed E-state index contributed by atoms with van der Waals surface area (Å²) in [5.74, 6) is 0.0609. The van der Waals surface area contributed by atoms with Crippen LogP contribution in [0.1, 0.15) is 32.1 Å². The van der Waals surface area contributed by atoms with Crippen molar-refractivity contribution in [2.24, 2.45) is 5.73 Å². The number of benzene rings is 1. The number of nitrogens with one attached hydrogen (secondary N) is 1. The van der Waals surface area contributed by atoms with E-state index in [1.54, 1.807) is 0 Å². The third-order valence-corrected chi connectivity index (χ3v) is 3.71. The SMILES string of the molecule is NCCCCCCC(=O)Nc1ccc(Br)cc1Br. The highest BCUT2D eigenvalue weighted by Gasteiger charge is 2.05. The van der Waals surface area contributed by atoms with Gasteiger partial charge in [0.2, 0.25) is 5.91 Å². The van der Waals surface area contributed by atoms with Crippen molar-refractivity contribution < 1.29 is 4.79 Å². The van der Waals surface area contributed by atoms with Crippen molar-refractivity contribution in [2.45, 2.75) is 32.1 Å². The molecule has 5 heteroatoms.